The van der Waals surface area contributed by atoms with Gasteiger partial charge in [-0.05, 0) is 42.9 Å². The fourth-order valence-corrected chi connectivity index (χ4v) is 4.98. The van der Waals surface area contributed by atoms with Crippen LogP contribution in [0, 0.1) is 11.3 Å². The van der Waals surface area contributed by atoms with Crippen molar-refractivity contribution in [3.05, 3.63) is 45.8 Å². The second-order valence-corrected chi connectivity index (χ2v) is 8.55. The molecule has 1 aromatic carbocycles. The molecule has 2 amide bonds. The topological polar surface area (TPSA) is 82.4 Å². The highest BCUT2D eigenvalue weighted by Gasteiger charge is 2.28. The molecule has 3 rings (SSSR count). The van der Waals surface area contributed by atoms with Gasteiger partial charge in [0.1, 0.15) is 11.1 Å². The molecule has 1 aliphatic heterocycles. The van der Waals surface area contributed by atoms with Crippen molar-refractivity contribution < 1.29 is 14.3 Å². The molecule has 6 nitrogen and oxygen atoms in total. The normalized spacial score (nSPS) is 12.8. The largest absolute Gasteiger partial charge is 0.450 e. The first-order valence-corrected chi connectivity index (χ1v) is 10.9. The number of fused-ring (bicyclic) bond motifs is 1. The first kappa shape index (κ1) is 20.2. The molecule has 0 spiro atoms. The van der Waals surface area contributed by atoms with Crippen molar-refractivity contribution in [2.75, 3.05) is 24.2 Å². The van der Waals surface area contributed by atoms with Crippen molar-refractivity contribution in [1.82, 2.24) is 4.90 Å². The van der Waals surface area contributed by atoms with Gasteiger partial charge in [0.25, 0.3) is 5.91 Å². The lowest BCUT2D eigenvalue weighted by Gasteiger charge is -2.25. The maximum absolute atomic E-state index is 12.7. The van der Waals surface area contributed by atoms with Gasteiger partial charge < -0.3 is 15.0 Å². The first-order chi connectivity index (χ1) is 13.6. The number of hydrogen-bond acceptors (Lipinski definition) is 6. The predicted octanol–water partition coefficient (Wildman–Crippen LogP) is 4.50. The Balaban J connectivity index is 1.80. The van der Waals surface area contributed by atoms with E-state index in [2.05, 4.69) is 18.3 Å². The van der Waals surface area contributed by atoms with Gasteiger partial charge in [0, 0.05) is 21.9 Å². The quantitative estimate of drug-likeness (QED) is 0.727. The van der Waals surface area contributed by atoms with Crippen LogP contribution in [0.5, 0.6) is 0 Å². The Kier molecular flexibility index (Phi) is 6.60. The van der Waals surface area contributed by atoms with Crippen LogP contribution in [0.3, 0.4) is 0 Å². The zero-order chi connectivity index (χ0) is 20.1. The van der Waals surface area contributed by atoms with Crippen molar-refractivity contribution in [3.63, 3.8) is 0 Å². The molecule has 0 fully saturated rings. The Hall–Kier alpha value is -2.50. The molecule has 8 heteroatoms. The molecule has 146 valence electrons. The van der Waals surface area contributed by atoms with Crippen molar-refractivity contribution in [2.45, 2.75) is 31.7 Å². The summed E-state index contributed by atoms with van der Waals surface area (Å²) in [5.74, 6) is 0.689. The molecule has 0 saturated heterocycles. The third-order valence-electron chi connectivity index (χ3n) is 4.33. The van der Waals surface area contributed by atoms with Crippen LogP contribution in [-0.4, -0.2) is 35.8 Å². The highest BCUT2D eigenvalue weighted by molar-refractivity contribution is 7.99. The average molecular weight is 416 g/mol. The van der Waals surface area contributed by atoms with Gasteiger partial charge in [-0.3, -0.25) is 4.79 Å². The van der Waals surface area contributed by atoms with E-state index < -0.39 is 0 Å². The van der Waals surface area contributed by atoms with Gasteiger partial charge in [-0.2, -0.15) is 5.26 Å². The molecule has 1 aromatic heterocycles. The predicted molar refractivity (Wildman–Crippen MR) is 111 cm³/mol. The number of nitrogens with one attached hydrogen (secondary N) is 1. The molecule has 0 radical (unpaired) electrons. The van der Waals surface area contributed by atoms with E-state index in [1.54, 1.807) is 29.7 Å². The van der Waals surface area contributed by atoms with Gasteiger partial charge >= 0.3 is 6.09 Å². The number of nitrogens with zero attached hydrogens (tertiary/aromatic N) is 2. The van der Waals surface area contributed by atoms with E-state index in [1.807, 2.05) is 18.2 Å². The Bertz CT molecular complexity index is 933. The van der Waals surface area contributed by atoms with E-state index in [0.29, 0.717) is 42.2 Å². The Labute approximate surface area is 172 Å². The minimum atomic E-state index is -0.351. The maximum Gasteiger partial charge on any atom is 0.410 e. The van der Waals surface area contributed by atoms with E-state index in [0.717, 1.165) is 21.1 Å². The number of benzene rings is 1. The summed E-state index contributed by atoms with van der Waals surface area (Å²) in [4.78, 5) is 28.3. The second-order valence-electron chi connectivity index (χ2n) is 6.11. The number of amides is 2. The van der Waals surface area contributed by atoms with Crippen molar-refractivity contribution in [2.24, 2.45) is 0 Å². The summed E-state index contributed by atoms with van der Waals surface area (Å²) in [5, 5.41) is 13.0. The van der Waals surface area contributed by atoms with E-state index in [4.69, 9.17) is 4.74 Å². The standard InChI is InChI=1S/C20H21N3O3S2/c1-3-26-20(25)23-9-8-15-16(11-21)19(28-17(15)12-23)22-18(24)13-6-5-7-14(10-13)27-4-2/h5-7,10H,3-4,8-9,12H2,1-2H3,(H,22,24). The van der Waals surface area contributed by atoms with Crippen LogP contribution in [0.1, 0.15) is 40.2 Å². The number of carbonyl (C=O) groups excluding carboxylic acids is 2. The van der Waals surface area contributed by atoms with Gasteiger partial charge in [0.15, 0.2) is 0 Å². The molecule has 2 aromatic rings. The Morgan fingerprint density at radius 3 is 2.93 bits per heavy atom. The smallest absolute Gasteiger partial charge is 0.410 e. The monoisotopic (exact) mass is 415 g/mol. The van der Waals surface area contributed by atoms with Crippen molar-refractivity contribution >= 4 is 40.1 Å². The van der Waals surface area contributed by atoms with Crippen LogP contribution in [0.4, 0.5) is 9.80 Å². The molecule has 0 atom stereocenters. The van der Waals surface area contributed by atoms with Crippen molar-refractivity contribution in [1.29, 1.82) is 5.26 Å². The van der Waals surface area contributed by atoms with Crippen LogP contribution < -0.4 is 5.32 Å². The average Bonchev–Trinajstić information content (AvgIpc) is 3.04. The Morgan fingerprint density at radius 1 is 1.39 bits per heavy atom. The summed E-state index contributed by atoms with van der Waals surface area (Å²) in [7, 11) is 0. The summed E-state index contributed by atoms with van der Waals surface area (Å²) >= 11 is 3.02. The SMILES string of the molecule is CCOC(=O)N1CCc2c(sc(NC(=O)c3cccc(SCC)c3)c2C#N)C1. The zero-order valence-corrected chi connectivity index (χ0v) is 17.4. The van der Waals surface area contributed by atoms with Crippen LogP contribution in [-0.2, 0) is 17.7 Å². The second kappa shape index (κ2) is 9.13. The van der Waals surface area contributed by atoms with Crippen LogP contribution in [0.15, 0.2) is 29.2 Å². The molecule has 0 bridgehead atoms. The molecule has 28 heavy (non-hydrogen) atoms. The van der Waals surface area contributed by atoms with E-state index in [1.165, 1.54) is 11.3 Å². The lowest BCUT2D eigenvalue weighted by Crippen LogP contribution is -2.35. The first-order valence-electron chi connectivity index (χ1n) is 9.07. The fourth-order valence-electron chi connectivity index (χ4n) is 3.05. The number of carbonyl (C=O) groups is 2. The number of hydrogen-bond donors (Lipinski definition) is 1. The van der Waals surface area contributed by atoms with E-state index in [9.17, 15) is 14.9 Å². The maximum atomic E-state index is 12.7. The minimum absolute atomic E-state index is 0.240. The fraction of sp³-hybridized carbons (Fsp3) is 0.350. The van der Waals surface area contributed by atoms with Gasteiger partial charge in [-0.25, -0.2) is 4.79 Å². The summed E-state index contributed by atoms with van der Waals surface area (Å²) in [6, 6.07) is 9.66. The number of nitriles is 1. The van der Waals surface area contributed by atoms with Crippen LogP contribution in [0.25, 0.3) is 0 Å². The summed E-state index contributed by atoms with van der Waals surface area (Å²) in [5.41, 5.74) is 1.97. The molecular formula is C20H21N3O3S2. The highest BCUT2D eigenvalue weighted by Crippen LogP contribution is 2.37. The van der Waals surface area contributed by atoms with Gasteiger partial charge in [0.05, 0.1) is 18.7 Å². The molecule has 1 aliphatic rings. The number of rotatable bonds is 5. The molecule has 0 aliphatic carbocycles. The minimum Gasteiger partial charge on any atom is -0.450 e. The summed E-state index contributed by atoms with van der Waals surface area (Å²) in [6.07, 6.45) is 0.224. The number of thiophene rings is 1. The Morgan fingerprint density at radius 2 is 2.21 bits per heavy atom. The third kappa shape index (κ3) is 4.32. The van der Waals surface area contributed by atoms with Gasteiger partial charge in [-0.15, -0.1) is 23.1 Å². The summed E-state index contributed by atoms with van der Waals surface area (Å²) in [6.45, 7) is 5.06. The number of thioether (sulfide) groups is 1. The summed E-state index contributed by atoms with van der Waals surface area (Å²) < 4.78 is 5.07. The molecular weight excluding hydrogens is 394 g/mol. The van der Waals surface area contributed by atoms with Crippen LogP contribution in [0.2, 0.25) is 0 Å². The molecule has 2 heterocycles. The molecule has 0 unspecified atom stereocenters. The lowest BCUT2D eigenvalue weighted by atomic mass is 10.0. The highest BCUT2D eigenvalue weighted by atomic mass is 32.2. The lowest BCUT2D eigenvalue weighted by molar-refractivity contribution is 0.102. The third-order valence-corrected chi connectivity index (χ3v) is 6.34. The number of ether oxygens (including phenoxy) is 1. The van der Waals surface area contributed by atoms with Crippen molar-refractivity contribution in [3.8, 4) is 6.07 Å². The molecule has 0 saturated carbocycles. The van der Waals surface area contributed by atoms with E-state index in [-0.39, 0.29) is 12.0 Å². The molecule has 1 N–H and O–H groups in total. The van der Waals surface area contributed by atoms with Gasteiger partial charge in [0.2, 0.25) is 0 Å². The van der Waals surface area contributed by atoms with Crippen LogP contribution >= 0.6 is 23.1 Å². The van der Waals surface area contributed by atoms with Gasteiger partial charge in [-0.1, -0.05) is 13.0 Å². The zero-order valence-electron chi connectivity index (χ0n) is 15.8. The van der Waals surface area contributed by atoms with E-state index >= 15 is 0 Å². The number of anilines is 1.